The topological polar surface area (TPSA) is 55.1 Å². The molecule has 2 unspecified atom stereocenters. The van der Waals surface area contributed by atoms with Crippen LogP contribution in [-0.2, 0) is 4.79 Å². The van der Waals surface area contributed by atoms with E-state index in [2.05, 4.69) is 12.2 Å². The molecule has 0 bridgehead atoms. The quantitative estimate of drug-likeness (QED) is 0.869. The van der Waals surface area contributed by atoms with Crippen molar-refractivity contribution in [3.05, 3.63) is 29.3 Å². The lowest BCUT2D eigenvalue weighted by Crippen LogP contribution is -2.52. The highest BCUT2D eigenvalue weighted by Gasteiger charge is 2.45. The maximum absolute atomic E-state index is 11.8. The molecule has 0 aromatic heterocycles. The molecule has 1 saturated carbocycles. The number of hydrogen-bond donors (Lipinski definition) is 2. The number of halogens is 1. The first-order chi connectivity index (χ1) is 8.06. The first-order valence-corrected chi connectivity index (χ1v) is 6.26. The third-order valence-electron chi connectivity index (χ3n) is 3.72. The Hall–Kier alpha value is -1.22. The van der Waals surface area contributed by atoms with Crippen LogP contribution in [0, 0.1) is 5.92 Å². The molecule has 0 heterocycles. The summed E-state index contributed by atoms with van der Waals surface area (Å²) in [6.07, 6.45) is 2.80. The van der Waals surface area contributed by atoms with Crippen molar-refractivity contribution >= 4 is 23.2 Å². The first-order valence-electron chi connectivity index (χ1n) is 5.89. The Balaban J connectivity index is 2.31. The van der Waals surface area contributed by atoms with Gasteiger partial charge in [-0.25, -0.2) is 0 Å². The van der Waals surface area contributed by atoms with Gasteiger partial charge in [-0.15, -0.1) is 0 Å². The summed E-state index contributed by atoms with van der Waals surface area (Å²) in [5, 5.41) is 3.88. The molecule has 0 aliphatic heterocycles. The Morgan fingerprint density at radius 3 is 2.76 bits per heavy atom. The number of nitrogens with two attached hydrogens (primary N) is 1. The number of rotatable bonds is 3. The Bertz CT molecular complexity index is 435. The van der Waals surface area contributed by atoms with E-state index in [9.17, 15) is 4.79 Å². The summed E-state index contributed by atoms with van der Waals surface area (Å²) in [6.45, 7) is 2.06. The van der Waals surface area contributed by atoms with Crippen molar-refractivity contribution in [1.82, 2.24) is 0 Å². The number of carbonyl (C=O) groups excluding carboxylic acids is 1. The first kappa shape index (κ1) is 12.2. The SMILES string of the molecule is CC1CCCC1(Nc1ccccc1Cl)C(N)=O. The number of primary amides is 1. The third kappa shape index (κ3) is 2.12. The van der Waals surface area contributed by atoms with Gasteiger partial charge in [0.25, 0.3) is 0 Å². The molecule has 0 spiro atoms. The number of benzene rings is 1. The second kappa shape index (κ2) is 4.57. The Morgan fingerprint density at radius 1 is 1.53 bits per heavy atom. The molecule has 1 amide bonds. The summed E-state index contributed by atoms with van der Waals surface area (Å²) in [6, 6.07) is 7.43. The molecule has 3 N–H and O–H groups in total. The molecular weight excluding hydrogens is 236 g/mol. The van der Waals surface area contributed by atoms with Crippen molar-refractivity contribution < 1.29 is 4.79 Å². The normalized spacial score (nSPS) is 28.0. The van der Waals surface area contributed by atoms with E-state index in [1.807, 2.05) is 18.2 Å². The highest BCUT2D eigenvalue weighted by molar-refractivity contribution is 6.33. The maximum Gasteiger partial charge on any atom is 0.243 e. The van der Waals surface area contributed by atoms with E-state index in [4.69, 9.17) is 17.3 Å². The van der Waals surface area contributed by atoms with E-state index in [1.54, 1.807) is 6.07 Å². The van der Waals surface area contributed by atoms with Crippen LogP contribution in [0.2, 0.25) is 5.02 Å². The standard InChI is InChI=1S/C13H17ClN2O/c1-9-5-4-8-13(9,12(15)17)16-11-7-3-2-6-10(11)14/h2-3,6-7,9,16H,4-5,8H2,1H3,(H2,15,17). The molecule has 1 aromatic rings. The summed E-state index contributed by atoms with van der Waals surface area (Å²) < 4.78 is 0. The van der Waals surface area contributed by atoms with Crippen molar-refractivity contribution in [3.8, 4) is 0 Å². The van der Waals surface area contributed by atoms with Crippen LogP contribution in [0.4, 0.5) is 5.69 Å². The molecule has 17 heavy (non-hydrogen) atoms. The van der Waals surface area contributed by atoms with Gasteiger partial charge in [-0.1, -0.05) is 37.1 Å². The smallest absolute Gasteiger partial charge is 0.243 e. The average Bonchev–Trinajstić information content (AvgIpc) is 2.65. The highest BCUT2D eigenvalue weighted by Crippen LogP contribution is 2.39. The monoisotopic (exact) mass is 252 g/mol. The van der Waals surface area contributed by atoms with Crippen LogP contribution in [0.15, 0.2) is 24.3 Å². The Labute approximate surface area is 106 Å². The number of nitrogens with one attached hydrogen (secondary N) is 1. The van der Waals surface area contributed by atoms with E-state index in [0.717, 1.165) is 24.9 Å². The largest absolute Gasteiger partial charge is 0.370 e. The highest BCUT2D eigenvalue weighted by atomic mass is 35.5. The molecule has 1 aromatic carbocycles. The second-order valence-corrected chi connectivity index (χ2v) is 5.14. The van der Waals surface area contributed by atoms with Crippen molar-refractivity contribution in [2.24, 2.45) is 11.7 Å². The second-order valence-electron chi connectivity index (χ2n) is 4.73. The number of hydrogen-bond acceptors (Lipinski definition) is 2. The van der Waals surface area contributed by atoms with Gasteiger partial charge in [-0.3, -0.25) is 4.79 Å². The summed E-state index contributed by atoms with van der Waals surface area (Å²) in [4.78, 5) is 11.8. The fourth-order valence-electron chi connectivity index (χ4n) is 2.60. The minimum absolute atomic E-state index is 0.233. The molecule has 2 rings (SSSR count). The zero-order chi connectivity index (χ0) is 12.5. The van der Waals surface area contributed by atoms with Gasteiger partial charge in [0, 0.05) is 0 Å². The van der Waals surface area contributed by atoms with Gasteiger partial charge in [-0.2, -0.15) is 0 Å². The summed E-state index contributed by atoms with van der Waals surface area (Å²) in [5.41, 5.74) is 5.71. The van der Waals surface area contributed by atoms with Crippen LogP contribution < -0.4 is 11.1 Å². The van der Waals surface area contributed by atoms with E-state index in [1.165, 1.54) is 0 Å². The molecule has 3 nitrogen and oxygen atoms in total. The van der Waals surface area contributed by atoms with Crippen LogP contribution in [0.5, 0.6) is 0 Å². The number of anilines is 1. The molecule has 0 radical (unpaired) electrons. The van der Waals surface area contributed by atoms with Crippen LogP contribution in [0.3, 0.4) is 0 Å². The van der Waals surface area contributed by atoms with Gasteiger partial charge < -0.3 is 11.1 Å². The number of para-hydroxylation sites is 1. The van der Waals surface area contributed by atoms with E-state index < -0.39 is 5.54 Å². The third-order valence-corrected chi connectivity index (χ3v) is 4.05. The van der Waals surface area contributed by atoms with Crippen molar-refractivity contribution in [2.75, 3.05) is 5.32 Å². The zero-order valence-corrected chi connectivity index (χ0v) is 10.6. The van der Waals surface area contributed by atoms with Gasteiger partial charge in [0.2, 0.25) is 5.91 Å². The van der Waals surface area contributed by atoms with Crippen LogP contribution in [0.1, 0.15) is 26.2 Å². The summed E-state index contributed by atoms with van der Waals surface area (Å²) in [5.74, 6) is -0.0568. The van der Waals surface area contributed by atoms with Crippen molar-refractivity contribution in [1.29, 1.82) is 0 Å². The van der Waals surface area contributed by atoms with E-state index in [-0.39, 0.29) is 11.8 Å². The molecule has 4 heteroatoms. The lowest BCUT2D eigenvalue weighted by atomic mass is 9.87. The predicted octanol–water partition coefficient (Wildman–Crippen LogP) is 2.80. The molecule has 1 aliphatic carbocycles. The van der Waals surface area contributed by atoms with Gasteiger partial charge in [0.1, 0.15) is 5.54 Å². The molecule has 1 fully saturated rings. The van der Waals surface area contributed by atoms with Crippen molar-refractivity contribution in [3.63, 3.8) is 0 Å². The van der Waals surface area contributed by atoms with Crippen molar-refractivity contribution in [2.45, 2.75) is 31.7 Å². The molecular formula is C13H17ClN2O. The number of carbonyl (C=O) groups is 1. The fourth-order valence-corrected chi connectivity index (χ4v) is 2.78. The summed E-state index contributed by atoms with van der Waals surface area (Å²) in [7, 11) is 0. The molecule has 1 aliphatic rings. The fraction of sp³-hybridized carbons (Fsp3) is 0.462. The average molecular weight is 253 g/mol. The lowest BCUT2D eigenvalue weighted by Gasteiger charge is -2.33. The van der Waals surface area contributed by atoms with Gasteiger partial charge in [0.15, 0.2) is 0 Å². The molecule has 92 valence electrons. The maximum atomic E-state index is 11.8. The van der Waals surface area contributed by atoms with Gasteiger partial charge in [0.05, 0.1) is 10.7 Å². The van der Waals surface area contributed by atoms with E-state index >= 15 is 0 Å². The lowest BCUT2D eigenvalue weighted by molar-refractivity contribution is -0.123. The molecule has 2 atom stereocenters. The Morgan fingerprint density at radius 2 is 2.24 bits per heavy atom. The minimum Gasteiger partial charge on any atom is -0.370 e. The summed E-state index contributed by atoms with van der Waals surface area (Å²) >= 11 is 6.10. The minimum atomic E-state index is -0.648. The van der Waals surface area contributed by atoms with Gasteiger partial charge in [-0.05, 0) is 30.9 Å². The van der Waals surface area contributed by atoms with Crippen LogP contribution >= 0.6 is 11.6 Å². The zero-order valence-electron chi connectivity index (χ0n) is 9.87. The predicted molar refractivity (Wildman–Crippen MR) is 70.0 cm³/mol. The molecule has 0 saturated heterocycles. The van der Waals surface area contributed by atoms with Crippen LogP contribution in [0.25, 0.3) is 0 Å². The van der Waals surface area contributed by atoms with Crippen LogP contribution in [-0.4, -0.2) is 11.4 Å². The van der Waals surface area contributed by atoms with Gasteiger partial charge >= 0.3 is 0 Å². The Kier molecular flexibility index (Phi) is 3.29. The number of amides is 1. The van der Waals surface area contributed by atoms with E-state index in [0.29, 0.717) is 5.02 Å².